The molecule has 2 aromatic rings. The first-order valence-corrected chi connectivity index (χ1v) is 8.74. The second-order valence-corrected chi connectivity index (χ2v) is 6.51. The Labute approximate surface area is 161 Å². The van der Waals surface area contributed by atoms with E-state index in [1.165, 1.54) is 43.4 Å². The van der Waals surface area contributed by atoms with Gasteiger partial charge in [-0.3, -0.25) is 9.69 Å². The zero-order valence-corrected chi connectivity index (χ0v) is 15.4. The Balaban J connectivity index is 1.80. The van der Waals surface area contributed by atoms with Crippen LogP contribution in [-0.4, -0.2) is 32.7 Å². The van der Waals surface area contributed by atoms with Gasteiger partial charge < -0.3 is 14.2 Å². The van der Waals surface area contributed by atoms with E-state index in [0.717, 1.165) is 5.56 Å². The third kappa shape index (κ3) is 2.89. The van der Waals surface area contributed by atoms with Crippen LogP contribution in [-0.2, 0) is 14.3 Å². The standard InChI is InChI=1S/C21H18FNO5/c1-26-17-8-3-12(9-18(17)27-2)15-10-19(24)23(14-6-4-13(22)5-7-14)16-11-28-21(25)20(15)16/h3-9,15H,10-11H2,1-2H3. The summed E-state index contributed by atoms with van der Waals surface area (Å²) in [6.07, 6.45) is 0.0841. The lowest BCUT2D eigenvalue weighted by Crippen LogP contribution is -2.37. The van der Waals surface area contributed by atoms with Crippen LogP contribution in [0.25, 0.3) is 0 Å². The van der Waals surface area contributed by atoms with Crippen molar-refractivity contribution in [1.82, 2.24) is 0 Å². The van der Waals surface area contributed by atoms with Gasteiger partial charge in [0, 0.05) is 18.0 Å². The van der Waals surface area contributed by atoms with Gasteiger partial charge in [0.1, 0.15) is 12.4 Å². The molecule has 0 fully saturated rings. The molecule has 1 atom stereocenters. The van der Waals surface area contributed by atoms with E-state index in [2.05, 4.69) is 0 Å². The summed E-state index contributed by atoms with van der Waals surface area (Å²) in [6.45, 7) is 0.00106. The Kier molecular flexibility index (Phi) is 4.50. The molecule has 2 aromatic carbocycles. The number of carbonyl (C=O) groups excluding carboxylic acids is 2. The highest BCUT2D eigenvalue weighted by molar-refractivity contribution is 6.06. The number of anilines is 1. The molecule has 0 aliphatic carbocycles. The molecule has 2 aliphatic heterocycles. The number of hydrogen-bond acceptors (Lipinski definition) is 5. The SMILES string of the molecule is COc1ccc(C2CC(=O)N(c3ccc(F)cc3)C3=C2C(=O)OC3)cc1OC. The molecule has 0 saturated carbocycles. The molecule has 0 aromatic heterocycles. The van der Waals surface area contributed by atoms with Gasteiger partial charge in [0.2, 0.25) is 5.91 Å². The molecule has 1 amide bonds. The summed E-state index contributed by atoms with van der Waals surface area (Å²) in [6, 6.07) is 10.9. The Bertz CT molecular complexity index is 983. The third-order valence-corrected chi connectivity index (χ3v) is 5.01. The summed E-state index contributed by atoms with van der Waals surface area (Å²) in [4.78, 5) is 26.9. The number of amides is 1. The first-order chi connectivity index (χ1) is 13.5. The van der Waals surface area contributed by atoms with E-state index in [9.17, 15) is 14.0 Å². The zero-order chi connectivity index (χ0) is 19.8. The molecule has 144 valence electrons. The van der Waals surface area contributed by atoms with Crippen molar-refractivity contribution in [3.8, 4) is 11.5 Å². The van der Waals surface area contributed by atoms with Gasteiger partial charge >= 0.3 is 5.97 Å². The number of esters is 1. The summed E-state index contributed by atoms with van der Waals surface area (Å²) in [5, 5.41) is 0. The minimum absolute atomic E-state index is 0.00106. The normalized spacial score (nSPS) is 18.8. The van der Waals surface area contributed by atoms with Crippen LogP contribution in [0, 0.1) is 5.82 Å². The van der Waals surface area contributed by atoms with Crippen molar-refractivity contribution in [2.75, 3.05) is 25.7 Å². The predicted molar refractivity (Wildman–Crippen MR) is 98.8 cm³/mol. The Morgan fingerprint density at radius 2 is 1.75 bits per heavy atom. The van der Waals surface area contributed by atoms with Gasteiger partial charge in [0.05, 0.1) is 25.5 Å². The van der Waals surface area contributed by atoms with Crippen LogP contribution >= 0.6 is 0 Å². The summed E-state index contributed by atoms with van der Waals surface area (Å²) in [5.41, 5.74) is 2.20. The number of methoxy groups -OCH3 is 2. The highest BCUT2D eigenvalue weighted by Crippen LogP contribution is 2.43. The first kappa shape index (κ1) is 18.0. The van der Waals surface area contributed by atoms with Crippen LogP contribution in [0.5, 0.6) is 11.5 Å². The van der Waals surface area contributed by atoms with Crippen molar-refractivity contribution in [2.45, 2.75) is 12.3 Å². The molecule has 2 heterocycles. The molecule has 1 unspecified atom stereocenters. The van der Waals surface area contributed by atoms with E-state index < -0.39 is 17.7 Å². The number of ether oxygens (including phenoxy) is 3. The Hall–Kier alpha value is -3.35. The van der Waals surface area contributed by atoms with Gasteiger partial charge in [-0.15, -0.1) is 0 Å². The molecule has 0 bridgehead atoms. The van der Waals surface area contributed by atoms with E-state index in [-0.39, 0.29) is 18.9 Å². The first-order valence-electron chi connectivity index (χ1n) is 8.74. The van der Waals surface area contributed by atoms with Crippen LogP contribution in [0.15, 0.2) is 53.7 Å². The summed E-state index contributed by atoms with van der Waals surface area (Å²) >= 11 is 0. The average Bonchev–Trinajstić information content (AvgIpc) is 3.09. The number of cyclic esters (lactones) is 1. The van der Waals surface area contributed by atoms with Gasteiger partial charge in [0.15, 0.2) is 11.5 Å². The van der Waals surface area contributed by atoms with Gasteiger partial charge in [-0.2, -0.15) is 0 Å². The molecule has 7 heteroatoms. The quantitative estimate of drug-likeness (QED) is 0.759. The maximum absolute atomic E-state index is 13.3. The minimum atomic E-state index is -0.450. The molecule has 2 aliphatic rings. The lowest BCUT2D eigenvalue weighted by atomic mass is 9.84. The zero-order valence-electron chi connectivity index (χ0n) is 15.4. The number of halogens is 1. The monoisotopic (exact) mass is 383 g/mol. The Morgan fingerprint density at radius 3 is 2.43 bits per heavy atom. The van der Waals surface area contributed by atoms with Crippen LogP contribution < -0.4 is 14.4 Å². The van der Waals surface area contributed by atoms with Crippen molar-refractivity contribution >= 4 is 17.6 Å². The molecular formula is C21H18FNO5. The van der Waals surface area contributed by atoms with Crippen LogP contribution in [0.2, 0.25) is 0 Å². The van der Waals surface area contributed by atoms with E-state index in [4.69, 9.17) is 14.2 Å². The minimum Gasteiger partial charge on any atom is -0.493 e. The van der Waals surface area contributed by atoms with Crippen LogP contribution in [0.1, 0.15) is 17.9 Å². The number of rotatable bonds is 4. The molecule has 0 N–H and O–H groups in total. The summed E-state index contributed by atoms with van der Waals surface area (Å²) < 4.78 is 29.1. The lowest BCUT2D eigenvalue weighted by molar-refractivity contribution is -0.136. The van der Waals surface area contributed by atoms with Crippen molar-refractivity contribution in [2.24, 2.45) is 0 Å². The second-order valence-electron chi connectivity index (χ2n) is 6.51. The van der Waals surface area contributed by atoms with Crippen molar-refractivity contribution in [1.29, 1.82) is 0 Å². The fourth-order valence-electron chi connectivity index (χ4n) is 3.70. The van der Waals surface area contributed by atoms with Crippen molar-refractivity contribution < 1.29 is 28.2 Å². The van der Waals surface area contributed by atoms with E-state index >= 15 is 0 Å². The van der Waals surface area contributed by atoms with Crippen molar-refractivity contribution in [3.63, 3.8) is 0 Å². The maximum atomic E-state index is 13.3. The number of hydrogen-bond donors (Lipinski definition) is 0. The van der Waals surface area contributed by atoms with Crippen molar-refractivity contribution in [3.05, 3.63) is 65.1 Å². The van der Waals surface area contributed by atoms with Gasteiger partial charge in [-0.05, 0) is 42.0 Å². The molecule has 4 rings (SSSR count). The largest absolute Gasteiger partial charge is 0.493 e. The summed E-state index contributed by atoms with van der Waals surface area (Å²) in [7, 11) is 3.07. The smallest absolute Gasteiger partial charge is 0.336 e. The van der Waals surface area contributed by atoms with E-state index in [0.29, 0.717) is 28.5 Å². The molecule has 6 nitrogen and oxygen atoms in total. The maximum Gasteiger partial charge on any atom is 0.336 e. The van der Waals surface area contributed by atoms with Crippen LogP contribution in [0.3, 0.4) is 0 Å². The topological polar surface area (TPSA) is 65.1 Å². The van der Waals surface area contributed by atoms with Gasteiger partial charge in [0.25, 0.3) is 0 Å². The second kappa shape index (κ2) is 6.99. The number of benzene rings is 2. The van der Waals surface area contributed by atoms with Gasteiger partial charge in [-0.1, -0.05) is 6.07 Å². The van der Waals surface area contributed by atoms with Crippen LogP contribution in [0.4, 0.5) is 10.1 Å². The molecule has 0 radical (unpaired) electrons. The molecular weight excluding hydrogens is 365 g/mol. The fourth-order valence-corrected chi connectivity index (χ4v) is 3.70. The molecule has 0 saturated heterocycles. The predicted octanol–water partition coefficient (Wildman–Crippen LogP) is 3.17. The third-order valence-electron chi connectivity index (χ3n) is 5.01. The molecule has 28 heavy (non-hydrogen) atoms. The number of carbonyl (C=O) groups is 2. The summed E-state index contributed by atoms with van der Waals surface area (Å²) in [5.74, 6) is -0.414. The fraction of sp³-hybridized carbons (Fsp3) is 0.238. The van der Waals surface area contributed by atoms with E-state index in [1.807, 2.05) is 6.07 Å². The lowest BCUT2D eigenvalue weighted by Gasteiger charge is -2.32. The number of nitrogens with zero attached hydrogens (tertiary/aromatic N) is 1. The Morgan fingerprint density at radius 1 is 1.04 bits per heavy atom. The highest BCUT2D eigenvalue weighted by atomic mass is 19.1. The van der Waals surface area contributed by atoms with E-state index in [1.54, 1.807) is 12.1 Å². The molecule has 0 spiro atoms. The average molecular weight is 383 g/mol. The van der Waals surface area contributed by atoms with Gasteiger partial charge in [-0.25, -0.2) is 9.18 Å². The highest BCUT2D eigenvalue weighted by Gasteiger charge is 2.43.